The fourth-order valence-corrected chi connectivity index (χ4v) is 2.75. The van der Waals surface area contributed by atoms with Gasteiger partial charge in [-0.3, -0.25) is 0 Å². The van der Waals surface area contributed by atoms with Crippen molar-refractivity contribution in [2.24, 2.45) is 5.92 Å². The highest BCUT2D eigenvalue weighted by molar-refractivity contribution is 5.51. The molecule has 3 nitrogen and oxygen atoms in total. The Bertz CT molecular complexity index is 452. The van der Waals surface area contributed by atoms with Crippen LogP contribution < -0.4 is 15.0 Å². The summed E-state index contributed by atoms with van der Waals surface area (Å²) >= 11 is 0. The Hall–Kier alpha value is -1.29. The van der Waals surface area contributed by atoms with Crippen molar-refractivity contribution in [1.82, 2.24) is 5.32 Å². The molecule has 1 aliphatic heterocycles. The van der Waals surface area contributed by atoms with Crippen LogP contribution in [0.5, 0.6) is 5.75 Å². The van der Waals surface area contributed by atoms with E-state index in [1.165, 1.54) is 7.11 Å². The summed E-state index contributed by atoms with van der Waals surface area (Å²) in [7, 11) is 1.49. The molecule has 1 aromatic rings. The number of nitrogens with zero attached hydrogens (tertiary/aromatic N) is 1. The first-order chi connectivity index (χ1) is 9.56. The average molecular weight is 280 g/mol. The topological polar surface area (TPSA) is 24.5 Å². The van der Waals surface area contributed by atoms with Crippen LogP contribution in [0.15, 0.2) is 18.2 Å². The molecular weight excluding hydrogens is 255 g/mol. The second kappa shape index (κ2) is 6.44. The van der Waals surface area contributed by atoms with E-state index < -0.39 is 0 Å². The van der Waals surface area contributed by atoms with Gasteiger partial charge in [-0.15, -0.1) is 0 Å². The lowest BCUT2D eigenvalue weighted by molar-refractivity contribution is 0.315. The molecule has 1 aliphatic rings. The molecule has 0 aliphatic carbocycles. The van der Waals surface area contributed by atoms with Crippen LogP contribution in [0.2, 0.25) is 0 Å². The van der Waals surface area contributed by atoms with Gasteiger partial charge in [0.25, 0.3) is 0 Å². The fourth-order valence-electron chi connectivity index (χ4n) is 2.75. The van der Waals surface area contributed by atoms with Gasteiger partial charge in [-0.05, 0) is 25.0 Å². The molecule has 20 heavy (non-hydrogen) atoms. The van der Waals surface area contributed by atoms with E-state index in [9.17, 15) is 4.39 Å². The van der Waals surface area contributed by atoms with E-state index in [-0.39, 0.29) is 5.82 Å². The second-order valence-corrected chi connectivity index (χ2v) is 5.72. The van der Waals surface area contributed by atoms with Crippen LogP contribution in [-0.2, 0) is 0 Å². The van der Waals surface area contributed by atoms with Crippen molar-refractivity contribution in [3.63, 3.8) is 0 Å². The Labute approximate surface area is 121 Å². The number of anilines is 1. The van der Waals surface area contributed by atoms with Crippen LogP contribution in [0.25, 0.3) is 0 Å². The lowest BCUT2D eigenvalue weighted by Crippen LogP contribution is -2.57. The molecule has 0 aromatic heterocycles. The molecule has 1 saturated heterocycles. The summed E-state index contributed by atoms with van der Waals surface area (Å²) in [5.41, 5.74) is 0.936. The highest BCUT2D eigenvalue weighted by Gasteiger charge is 2.28. The molecule has 3 unspecified atom stereocenters. The third-order valence-electron chi connectivity index (χ3n) is 4.40. The number of nitrogens with one attached hydrogen (secondary N) is 1. The van der Waals surface area contributed by atoms with Gasteiger partial charge in [0, 0.05) is 36.9 Å². The highest BCUT2D eigenvalue weighted by Crippen LogP contribution is 2.27. The maximum Gasteiger partial charge on any atom is 0.167 e. The minimum atomic E-state index is -0.296. The molecule has 0 bridgehead atoms. The number of halogens is 1. The van der Waals surface area contributed by atoms with E-state index in [4.69, 9.17) is 4.74 Å². The number of rotatable bonds is 4. The molecular formula is C16H25FN2O. The standard InChI is InChI=1S/C16H25FN2O/c1-5-11(2)15-10-19(12(3)9-18-15)13-6-7-16(20-4)14(17)8-13/h6-8,11-12,15,18H,5,9-10H2,1-4H3. The SMILES string of the molecule is CCC(C)C1CN(c2ccc(OC)c(F)c2)C(C)CN1. The van der Waals surface area contributed by atoms with Gasteiger partial charge >= 0.3 is 0 Å². The van der Waals surface area contributed by atoms with Gasteiger partial charge in [0.15, 0.2) is 11.6 Å². The van der Waals surface area contributed by atoms with Crippen LogP contribution in [-0.4, -0.2) is 32.3 Å². The zero-order valence-electron chi connectivity index (χ0n) is 12.8. The minimum Gasteiger partial charge on any atom is -0.494 e. The summed E-state index contributed by atoms with van der Waals surface area (Å²) < 4.78 is 18.9. The summed E-state index contributed by atoms with van der Waals surface area (Å²) in [6.45, 7) is 8.49. The molecule has 0 spiro atoms. The van der Waals surface area contributed by atoms with Gasteiger partial charge in [0.2, 0.25) is 0 Å². The van der Waals surface area contributed by atoms with E-state index in [1.54, 1.807) is 12.1 Å². The molecule has 112 valence electrons. The fraction of sp³-hybridized carbons (Fsp3) is 0.625. The third-order valence-corrected chi connectivity index (χ3v) is 4.40. The number of piperazine rings is 1. The molecule has 0 amide bonds. The van der Waals surface area contributed by atoms with Gasteiger partial charge in [0.1, 0.15) is 0 Å². The van der Waals surface area contributed by atoms with Crippen molar-refractivity contribution < 1.29 is 9.13 Å². The van der Waals surface area contributed by atoms with Gasteiger partial charge in [-0.25, -0.2) is 4.39 Å². The van der Waals surface area contributed by atoms with Crippen LogP contribution >= 0.6 is 0 Å². The lowest BCUT2D eigenvalue weighted by atomic mass is 9.95. The number of methoxy groups -OCH3 is 1. The molecule has 1 fully saturated rings. The van der Waals surface area contributed by atoms with E-state index in [2.05, 4.69) is 31.0 Å². The van der Waals surface area contributed by atoms with E-state index in [1.807, 2.05) is 6.07 Å². The molecule has 1 aromatic carbocycles. The monoisotopic (exact) mass is 280 g/mol. The normalized spacial score (nSPS) is 24.6. The molecule has 1 heterocycles. The van der Waals surface area contributed by atoms with Gasteiger partial charge in [-0.1, -0.05) is 20.3 Å². The van der Waals surface area contributed by atoms with Crippen LogP contribution in [0.3, 0.4) is 0 Å². The zero-order chi connectivity index (χ0) is 14.7. The first-order valence-electron chi connectivity index (χ1n) is 7.40. The Balaban J connectivity index is 2.18. The summed E-state index contributed by atoms with van der Waals surface area (Å²) in [4.78, 5) is 2.29. The number of hydrogen-bond donors (Lipinski definition) is 1. The number of ether oxygens (including phenoxy) is 1. The van der Waals surface area contributed by atoms with E-state index in [0.29, 0.717) is 23.8 Å². The Morgan fingerprint density at radius 2 is 2.25 bits per heavy atom. The van der Waals surface area contributed by atoms with Crippen molar-refractivity contribution in [3.05, 3.63) is 24.0 Å². The van der Waals surface area contributed by atoms with Crippen molar-refractivity contribution in [2.45, 2.75) is 39.3 Å². The summed E-state index contributed by atoms with van der Waals surface area (Å²) in [6, 6.07) is 6.05. The predicted octanol–water partition coefficient (Wildman–Crippen LogP) is 3.05. The summed E-state index contributed by atoms with van der Waals surface area (Å²) in [5.74, 6) is 0.624. The molecule has 1 N–H and O–H groups in total. The van der Waals surface area contributed by atoms with Gasteiger partial charge in [-0.2, -0.15) is 0 Å². The zero-order valence-corrected chi connectivity index (χ0v) is 12.8. The third kappa shape index (κ3) is 3.06. The van der Waals surface area contributed by atoms with Crippen LogP contribution in [0, 0.1) is 11.7 Å². The van der Waals surface area contributed by atoms with Crippen LogP contribution in [0.1, 0.15) is 27.2 Å². The first-order valence-corrected chi connectivity index (χ1v) is 7.40. The van der Waals surface area contributed by atoms with E-state index in [0.717, 1.165) is 25.2 Å². The van der Waals surface area contributed by atoms with Crippen molar-refractivity contribution in [3.8, 4) is 5.75 Å². The predicted molar refractivity (Wildman–Crippen MR) is 81.0 cm³/mol. The molecule has 3 atom stereocenters. The van der Waals surface area contributed by atoms with Crippen LogP contribution in [0.4, 0.5) is 10.1 Å². The van der Waals surface area contributed by atoms with Crippen molar-refractivity contribution >= 4 is 5.69 Å². The quantitative estimate of drug-likeness (QED) is 0.917. The Kier molecular flexibility index (Phi) is 4.86. The van der Waals surface area contributed by atoms with Gasteiger partial charge in [0.05, 0.1) is 7.11 Å². The maximum absolute atomic E-state index is 13.9. The molecule has 0 radical (unpaired) electrons. The Morgan fingerprint density at radius 3 is 2.85 bits per heavy atom. The minimum absolute atomic E-state index is 0.296. The summed E-state index contributed by atoms with van der Waals surface area (Å²) in [5, 5.41) is 3.60. The summed E-state index contributed by atoms with van der Waals surface area (Å²) in [6.07, 6.45) is 1.15. The van der Waals surface area contributed by atoms with Crippen molar-refractivity contribution in [2.75, 3.05) is 25.1 Å². The smallest absolute Gasteiger partial charge is 0.167 e. The maximum atomic E-state index is 13.9. The van der Waals surface area contributed by atoms with Crippen molar-refractivity contribution in [1.29, 1.82) is 0 Å². The van der Waals surface area contributed by atoms with Gasteiger partial charge < -0.3 is 15.0 Å². The highest BCUT2D eigenvalue weighted by atomic mass is 19.1. The molecule has 2 rings (SSSR count). The number of benzene rings is 1. The second-order valence-electron chi connectivity index (χ2n) is 5.72. The molecule has 4 heteroatoms. The van der Waals surface area contributed by atoms with E-state index >= 15 is 0 Å². The Morgan fingerprint density at radius 1 is 1.50 bits per heavy atom. The largest absolute Gasteiger partial charge is 0.494 e. The lowest BCUT2D eigenvalue weighted by Gasteiger charge is -2.42. The molecule has 0 saturated carbocycles. The number of hydrogen-bond acceptors (Lipinski definition) is 3. The average Bonchev–Trinajstić information content (AvgIpc) is 2.46. The first kappa shape index (κ1) is 15.1.